The largest absolute Gasteiger partial charge is 0 e. The van der Waals surface area contributed by atoms with Gasteiger partial charge in [-0.3, -0.25) is 0 Å². The first-order chi connectivity index (χ1) is 0. The summed E-state index contributed by atoms with van der Waals surface area (Å²) in [7, 11) is 0. The summed E-state index contributed by atoms with van der Waals surface area (Å²) in [5.74, 6) is 0. The SMILES string of the molecule is [Bi].[Cu].[Ni].[Sn]. The third-order valence-electron chi connectivity index (χ3n) is 0. The van der Waals surface area contributed by atoms with Crippen LogP contribution >= 0.6 is 0 Å². The van der Waals surface area contributed by atoms with Crippen LogP contribution in [0.5, 0.6) is 0 Å². The molecule has 0 aliphatic carbocycles. The summed E-state index contributed by atoms with van der Waals surface area (Å²) in [5, 5.41) is 0. The van der Waals surface area contributed by atoms with E-state index in [1.165, 1.54) is 0 Å². The van der Waals surface area contributed by atoms with E-state index in [1.807, 2.05) is 0 Å². The van der Waals surface area contributed by atoms with Gasteiger partial charge in [0.25, 0.3) is 0 Å². The van der Waals surface area contributed by atoms with Crippen molar-refractivity contribution in [2.24, 2.45) is 0 Å². The van der Waals surface area contributed by atoms with Gasteiger partial charge in [0.1, 0.15) is 0 Å². The molecule has 0 aliphatic rings. The van der Waals surface area contributed by atoms with Gasteiger partial charge in [-0.05, 0) is 0 Å². The minimum Gasteiger partial charge on any atom is 0 e. The molecule has 0 aromatic heterocycles. The van der Waals surface area contributed by atoms with Crippen LogP contribution in [-0.2, 0) is 33.6 Å². The summed E-state index contributed by atoms with van der Waals surface area (Å²) in [4.78, 5) is 0. The number of hydrogen-bond donors (Lipinski definition) is 0. The molecule has 0 saturated heterocycles. The average Bonchev–Trinajstić information content (AvgIpc) is 0. The van der Waals surface area contributed by atoms with Crippen LogP contribution in [0.2, 0.25) is 0 Å². The number of rotatable bonds is 0. The second-order valence-electron chi connectivity index (χ2n) is 0. The topological polar surface area (TPSA) is 0 Å². The summed E-state index contributed by atoms with van der Waals surface area (Å²) < 4.78 is 0. The first-order valence-electron chi connectivity index (χ1n) is 0. The molecule has 8 radical (unpaired) electrons. The molecule has 0 bridgehead atoms. The summed E-state index contributed by atoms with van der Waals surface area (Å²) in [6, 6.07) is 0. The van der Waals surface area contributed by atoms with Crippen LogP contribution in [0.25, 0.3) is 0 Å². The zero-order chi connectivity index (χ0) is 0. The fourth-order valence-electron chi connectivity index (χ4n) is 0. The normalized spacial score (nSPS) is 0. The molecule has 0 heterocycles. The molecule has 0 nitrogen and oxygen atoms in total. The Labute approximate surface area is 82.3 Å². The van der Waals surface area contributed by atoms with E-state index in [0.717, 1.165) is 0 Å². The van der Waals surface area contributed by atoms with E-state index < -0.39 is 0 Å². The smallest absolute Gasteiger partial charge is 0 e. The van der Waals surface area contributed by atoms with Gasteiger partial charge >= 0.3 is 0 Å². The second-order valence-corrected chi connectivity index (χ2v) is 0. The van der Waals surface area contributed by atoms with E-state index in [-0.39, 0.29) is 83.7 Å². The molecule has 30 valence electrons. The van der Waals surface area contributed by atoms with E-state index in [0.29, 0.717) is 0 Å². The van der Waals surface area contributed by atoms with E-state index in [2.05, 4.69) is 0 Å². The quantitative estimate of drug-likeness (QED) is 0.426. The van der Waals surface area contributed by atoms with Gasteiger partial charge in [0.15, 0.2) is 0 Å². The first-order valence-corrected chi connectivity index (χ1v) is 0. The predicted molar refractivity (Wildman–Crippen MR) is 11.5 cm³/mol. The zero-order valence-electron chi connectivity index (χ0n) is 1.56. The Balaban J connectivity index is 0. The van der Waals surface area contributed by atoms with Crippen LogP contribution < -0.4 is 0 Å². The average molecular weight is 450 g/mol. The van der Waals surface area contributed by atoms with Crippen molar-refractivity contribution >= 4 is 50.1 Å². The summed E-state index contributed by atoms with van der Waals surface area (Å²) in [6.45, 7) is 0. The maximum atomic E-state index is 0. The first kappa shape index (κ1) is 29.9. The molecule has 0 spiro atoms. The third-order valence-corrected chi connectivity index (χ3v) is 0. The molecule has 0 N–H and O–H groups in total. The third kappa shape index (κ3) is 8.83. The maximum Gasteiger partial charge on any atom is 0 e. The fourth-order valence-corrected chi connectivity index (χ4v) is 0. The molecule has 0 aromatic carbocycles. The summed E-state index contributed by atoms with van der Waals surface area (Å²) in [5.41, 5.74) is 0. The Morgan fingerprint density at radius 3 is 1.00 bits per heavy atom. The molecule has 0 saturated carbocycles. The van der Waals surface area contributed by atoms with Crippen molar-refractivity contribution in [2.45, 2.75) is 0 Å². The predicted octanol–water partition coefficient (Wildman–Crippen LogP) is -0.767. The van der Waals surface area contributed by atoms with Crippen LogP contribution in [0.1, 0.15) is 0 Å². The molecule has 0 fully saturated rings. The van der Waals surface area contributed by atoms with Crippen LogP contribution in [0, 0.1) is 0 Å². The van der Waals surface area contributed by atoms with Gasteiger partial charge in [-0.25, -0.2) is 0 Å². The molecule has 0 rings (SSSR count). The maximum absolute atomic E-state index is 0. The van der Waals surface area contributed by atoms with Gasteiger partial charge < -0.3 is 0 Å². The Morgan fingerprint density at radius 1 is 1.00 bits per heavy atom. The minimum absolute atomic E-state index is 0. The van der Waals surface area contributed by atoms with Crippen molar-refractivity contribution in [3.05, 3.63) is 0 Å². The van der Waals surface area contributed by atoms with Crippen LogP contribution in [-0.4, -0.2) is 50.1 Å². The van der Waals surface area contributed by atoms with E-state index in [9.17, 15) is 0 Å². The van der Waals surface area contributed by atoms with Crippen molar-refractivity contribution in [3.63, 3.8) is 0 Å². The van der Waals surface area contributed by atoms with Gasteiger partial charge in [-0.2, -0.15) is 0 Å². The molecule has 0 unspecified atom stereocenters. The molecule has 4 heavy (non-hydrogen) atoms. The molecular formula is BiCuNiSn. The molecule has 0 atom stereocenters. The van der Waals surface area contributed by atoms with Crippen LogP contribution in [0.15, 0.2) is 0 Å². The minimum atomic E-state index is 0. The van der Waals surface area contributed by atoms with Crippen molar-refractivity contribution in [2.75, 3.05) is 0 Å². The van der Waals surface area contributed by atoms with Crippen molar-refractivity contribution in [1.82, 2.24) is 0 Å². The Hall–Kier alpha value is 2.69. The van der Waals surface area contributed by atoms with Crippen LogP contribution in [0.3, 0.4) is 0 Å². The zero-order valence-corrected chi connectivity index (χ0v) is 9.83. The second kappa shape index (κ2) is 17.3. The molecule has 0 aromatic rings. The molecule has 4 heteroatoms. The van der Waals surface area contributed by atoms with Crippen molar-refractivity contribution in [3.8, 4) is 0 Å². The van der Waals surface area contributed by atoms with E-state index in [4.69, 9.17) is 0 Å². The van der Waals surface area contributed by atoms with Crippen molar-refractivity contribution in [1.29, 1.82) is 0 Å². The number of hydrogen-bond acceptors (Lipinski definition) is 0. The molecule has 0 aliphatic heterocycles. The molecule has 0 amide bonds. The Morgan fingerprint density at radius 2 is 1.00 bits per heavy atom. The fraction of sp³-hybridized carbons (Fsp3) is 0. The monoisotopic (exact) mass is 450 g/mol. The van der Waals surface area contributed by atoms with Gasteiger partial charge in [-0.1, -0.05) is 0 Å². The van der Waals surface area contributed by atoms with E-state index in [1.54, 1.807) is 0 Å². The van der Waals surface area contributed by atoms with Crippen LogP contribution in [0.4, 0.5) is 0 Å². The van der Waals surface area contributed by atoms with E-state index >= 15 is 0 Å². The molecular weight excluding hydrogens is 450 g/mol. The Kier molecular flexibility index (Phi) is 129. The summed E-state index contributed by atoms with van der Waals surface area (Å²) in [6.07, 6.45) is 0. The summed E-state index contributed by atoms with van der Waals surface area (Å²) >= 11 is 0. The van der Waals surface area contributed by atoms with Gasteiger partial charge in [0.2, 0.25) is 0 Å². The van der Waals surface area contributed by atoms with Gasteiger partial charge in [-0.15, -0.1) is 0 Å². The van der Waals surface area contributed by atoms with Crippen molar-refractivity contribution < 1.29 is 33.6 Å². The van der Waals surface area contributed by atoms with Gasteiger partial charge in [0, 0.05) is 83.7 Å². The van der Waals surface area contributed by atoms with Gasteiger partial charge in [0.05, 0.1) is 0 Å². The standard InChI is InChI=1S/Bi.Cu.Ni.Sn. The Bertz CT molecular complexity index is 8.00.